The number of hydrogen-bond donors (Lipinski definition) is 0. The molecule has 0 N–H and O–H groups in total. The monoisotopic (exact) mass is 281 g/mol. The Morgan fingerprint density at radius 2 is 1.95 bits per heavy atom. The normalized spacial score (nSPS) is 31.1. The first-order chi connectivity index (χ1) is 9.47. The highest BCUT2D eigenvalue weighted by Gasteiger charge is 2.48. The number of hydrogen-bond acceptors (Lipinski definition) is 5. The molecule has 2 atom stereocenters. The van der Waals surface area contributed by atoms with E-state index in [4.69, 9.17) is 14.2 Å². The maximum atomic E-state index is 13.2. The van der Waals surface area contributed by atoms with Gasteiger partial charge in [-0.3, -0.25) is 0 Å². The van der Waals surface area contributed by atoms with Gasteiger partial charge in [0.05, 0.1) is 12.2 Å². The average Bonchev–Trinajstić information content (AvgIpc) is 2.82. The average molecular weight is 281 g/mol. The Kier molecular flexibility index (Phi) is 3.22. The number of fused-ring (bicyclic) bond motifs is 1. The molecule has 1 aromatic carbocycles. The Hall–Kier alpha value is -1.53. The highest BCUT2D eigenvalue weighted by atomic mass is 19.1. The summed E-state index contributed by atoms with van der Waals surface area (Å²) in [5.74, 6) is -0.849. The van der Waals surface area contributed by atoms with Crippen molar-refractivity contribution in [3.63, 3.8) is 0 Å². The highest BCUT2D eigenvalue weighted by molar-refractivity contribution is 5.51. The Labute approximate surface area is 116 Å². The van der Waals surface area contributed by atoms with E-state index in [0.717, 1.165) is 0 Å². The number of halogens is 1. The minimum atomic E-state index is -0.561. The van der Waals surface area contributed by atoms with Crippen LogP contribution in [0, 0.1) is 10.7 Å². The first-order valence-corrected chi connectivity index (χ1v) is 6.62. The first-order valence-electron chi connectivity index (χ1n) is 6.62. The third-order valence-electron chi connectivity index (χ3n) is 3.59. The highest BCUT2D eigenvalue weighted by Crippen LogP contribution is 2.40. The summed E-state index contributed by atoms with van der Waals surface area (Å²) < 4.78 is 30.4. The number of nitroso groups, excluding NO2 is 1. The second kappa shape index (κ2) is 4.79. The van der Waals surface area contributed by atoms with Crippen LogP contribution in [0.25, 0.3) is 0 Å². The third-order valence-corrected chi connectivity index (χ3v) is 3.59. The number of ether oxygens (including phenoxy) is 3. The van der Waals surface area contributed by atoms with Crippen molar-refractivity contribution in [2.45, 2.75) is 50.8 Å². The summed E-state index contributed by atoms with van der Waals surface area (Å²) in [4.78, 5) is 10.7. The van der Waals surface area contributed by atoms with E-state index in [1.54, 1.807) is 0 Å². The van der Waals surface area contributed by atoms with E-state index < -0.39 is 11.6 Å². The molecule has 1 aromatic rings. The molecule has 0 radical (unpaired) electrons. The van der Waals surface area contributed by atoms with Gasteiger partial charge in [0.15, 0.2) is 11.5 Å². The lowest BCUT2D eigenvalue weighted by Gasteiger charge is -2.21. The van der Waals surface area contributed by atoms with Gasteiger partial charge in [-0.25, -0.2) is 4.39 Å². The van der Waals surface area contributed by atoms with Crippen LogP contribution < -0.4 is 4.74 Å². The Morgan fingerprint density at radius 3 is 2.55 bits per heavy atom. The van der Waals surface area contributed by atoms with E-state index >= 15 is 0 Å². The zero-order valence-electron chi connectivity index (χ0n) is 11.3. The van der Waals surface area contributed by atoms with Crippen LogP contribution in [-0.2, 0) is 9.47 Å². The minimum absolute atomic E-state index is 0.0174. The van der Waals surface area contributed by atoms with E-state index in [1.165, 1.54) is 18.2 Å². The molecule has 0 spiro atoms. The molecule has 1 saturated heterocycles. The molecule has 2 unspecified atom stereocenters. The second-order valence-corrected chi connectivity index (χ2v) is 5.63. The van der Waals surface area contributed by atoms with Crippen molar-refractivity contribution in [2.75, 3.05) is 0 Å². The van der Waals surface area contributed by atoms with E-state index in [0.29, 0.717) is 12.8 Å². The predicted molar refractivity (Wildman–Crippen MR) is 69.3 cm³/mol. The Bertz CT molecular complexity index is 518. The molecule has 6 heteroatoms. The van der Waals surface area contributed by atoms with Crippen LogP contribution >= 0.6 is 0 Å². The van der Waals surface area contributed by atoms with Crippen LogP contribution in [0.4, 0.5) is 10.1 Å². The Morgan fingerprint density at radius 1 is 1.30 bits per heavy atom. The van der Waals surface area contributed by atoms with Gasteiger partial charge in [0.2, 0.25) is 0 Å². The predicted octanol–water partition coefficient (Wildman–Crippen LogP) is 3.28. The first kappa shape index (κ1) is 13.5. The van der Waals surface area contributed by atoms with Gasteiger partial charge in [0, 0.05) is 18.9 Å². The van der Waals surface area contributed by atoms with Gasteiger partial charge in [-0.05, 0) is 31.2 Å². The van der Waals surface area contributed by atoms with Crippen molar-refractivity contribution in [2.24, 2.45) is 5.18 Å². The zero-order valence-corrected chi connectivity index (χ0v) is 11.3. The van der Waals surface area contributed by atoms with Gasteiger partial charge >= 0.3 is 0 Å². The van der Waals surface area contributed by atoms with Crippen molar-refractivity contribution < 1.29 is 18.6 Å². The van der Waals surface area contributed by atoms with Gasteiger partial charge in [-0.15, -0.1) is 4.91 Å². The molecule has 2 fully saturated rings. The smallest absolute Gasteiger partial charge is 0.163 e. The summed E-state index contributed by atoms with van der Waals surface area (Å²) in [5, 5.41) is 2.84. The minimum Gasteiger partial charge on any atom is -0.488 e. The van der Waals surface area contributed by atoms with E-state index in [9.17, 15) is 9.30 Å². The fourth-order valence-corrected chi connectivity index (χ4v) is 2.86. The van der Waals surface area contributed by atoms with Crippen LogP contribution in [0.15, 0.2) is 23.4 Å². The van der Waals surface area contributed by atoms with Crippen LogP contribution in [-0.4, -0.2) is 24.1 Å². The second-order valence-electron chi connectivity index (χ2n) is 5.63. The van der Waals surface area contributed by atoms with E-state index in [-0.39, 0.29) is 29.7 Å². The molecule has 108 valence electrons. The molecule has 5 nitrogen and oxygen atoms in total. The molecular weight excluding hydrogens is 265 g/mol. The van der Waals surface area contributed by atoms with Gasteiger partial charge in [0.25, 0.3) is 0 Å². The lowest BCUT2D eigenvalue weighted by molar-refractivity contribution is -0.155. The van der Waals surface area contributed by atoms with Crippen LogP contribution in [0.3, 0.4) is 0 Å². The maximum absolute atomic E-state index is 13.2. The standard InChI is InChI=1S/C14H16FNO4/c1-14(2)19-12-6-9(7-13(12)20-14)18-11-5-8(15)3-4-10(11)16-17/h3-5,9,12-13H,6-7H2,1-2H3. The number of rotatable bonds is 3. The molecule has 2 aliphatic rings. The quantitative estimate of drug-likeness (QED) is 0.798. The van der Waals surface area contributed by atoms with Crippen molar-refractivity contribution in [1.82, 2.24) is 0 Å². The lowest BCUT2D eigenvalue weighted by Crippen LogP contribution is -2.25. The summed E-state index contributed by atoms with van der Waals surface area (Å²) in [6.45, 7) is 3.75. The van der Waals surface area contributed by atoms with Crippen molar-refractivity contribution in [3.8, 4) is 5.75 Å². The largest absolute Gasteiger partial charge is 0.488 e. The van der Waals surface area contributed by atoms with E-state index in [1.807, 2.05) is 13.8 Å². The van der Waals surface area contributed by atoms with Gasteiger partial charge in [-0.2, -0.15) is 0 Å². The molecule has 0 amide bonds. The van der Waals surface area contributed by atoms with Crippen LogP contribution in [0.2, 0.25) is 0 Å². The molecule has 0 bridgehead atoms. The molecule has 1 aliphatic heterocycles. The molecule has 1 aliphatic carbocycles. The van der Waals surface area contributed by atoms with Gasteiger partial charge < -0.3 is 14.2 Å². The SMILES string of the molecule is CC1(C)OC2CC(Oc3cc(F)ccc3N=O)CC2O1. The van der Waals surface area contributed by atoms with Gasteiger partial charge in [0.1, 0.15) is 17.6 Å². The topological polar surface area (TPSA) is 57.1 Å². The van der Waals surface area contributed by atoms with Crippen molar-refractivity contribution in [1.29, 1.82) is 0 Å². The summed E-state index contributed by atoms with van der Waals surface area (Å²) in [5.41, 5.74) is 0.102. The molecule has 20 heavy (non-hydrogen) atoms. The number of nitrogens with zero attached hydrogens (tertiary/aromatic N) is 1. The number of benzene rings is 1. The van der Waals surface area contributed by atoms with Crippen molar-refractivity contribution >= 4 is 5.69 Å². The lowest BCUT2D eigenvalue weighted by atomic mass is 10.2. The van der Waals surface area contributed by atoms with Gasteiger partial charge in [-0.1, -0.05) is 0 Å². The van der Waals surface area contributed by atoms with Crippen molar-refractivity contribution in [3.05, 3.63) is 28.9 Å². The maximum Gasteiger partial charge on any atom is 0.163 e. The summed E-state index contributed by atoms with van der Waals surface area (Å²) >= 11 is 0. The molecule has 0 aromatic heterocycles. The van der Waals surface area contributed by atoms with Crippen LogP contribution in [0.5, 0.6) is 5.75 Å². The summed E-state index contributed by atoms with van der Waals surface area (Å²) in [6.07, 6.45) is 1.11. The van der Waals surface area contributed by atoms with E-state index in [2.05, 4.69) is 5.18 Å². The molecule has 1 saturated carbocycles. The Balaban J connectivity index is 1.69. The summed E-state index contributed by atoms with van der Waals surface area (Å²) in [6, 6.07) is 3.67. The molecule has 3 rings (SSSR count). The zero-order chi connectivity index (χ0) is 14.3. The fraction of sp³-hybridized carbons (Fsp3) is 0.571. The molecular formula is C14H16FNO4. The summed E-state index contributed by atoms with van der Waals surface area (Å²) in [7, 11) is 0. The fourth-order valence-electron chi connectivity index (χ4n) is 2.86. The third kappa shape index (κ3) is 2.53. The molecule has 1 heterocycles. The van der Waals surface area contributed by atoms with Crippen LogP contribution in [0.1, 0.15) is 26.7 Å².